The van der Waals surface area contributed by atoms with Gasteiger partial charge in [-0.25, -0.2) is 17.9 Å². The molecule has 0 spiro atoms. The molecule has 2 aromatic rings. The molecule has 1 unspecified atom stereocenters. The monoisotopic (exact) mass is 265 g/mol. The Morgan fingerprint density at radius 3 is 2.94 bits per heavy atom. The molecule has 3 rings (SSSR count). The fourth-order valence-corrected chi connectivity index (χ4v) is 4.15. The van der Waals surface area contributed by atoms with Crippen LogP contribution in [-0.4, -0.2) is 34.5 Å². The Morgan fingerprint density at radius 2 is 2.22 bits per heavy atom. The lowest BCUT2D eigenvalue weighted by molar-refractivity contribution is 0.543. The van der Waals surface area contributed by atoms with Gasteiger partial charge in [-0.2, -0.15) is 5.10 Å². The van der Waals surface area contributed by atoms with Crippen molar-refractivity contribution in [3.8, 4) is 0 Å². The molecular weight excluding hydrogens is 250 g/mol. The van der Waals surface area contributed by atoms with Gasteiger partial charge in [-0.3, -0.25) is 0 Å². The van der Waals surface area contributed by atoms with Gasteiger partial charge in [-0.15, -0.1) is 0 Å². The van der Waals surface area contributed by atoms with Gasteiger partial charge >= 0.3 is 0 Å². The number of hydrogen-bond acceptors (Lipinski definition) is 4. The van der Waals surface area contributed by atoms with E-state index in [0.29, 0.717) is 18.0 Å². The van der Waals surface area contributed by atoms with Crippen LogP contribution < -0.4 is 0 Å². The number of fused-ring (bicyclic) bond motifs is 1. The molecule has 0 amide bonds. The molecule has 6 heteroatoms. The van der Waals surface area contributed by atoms with Gasteiger partial charge in [0.2, 0.25) is 0 Å². The van der Waals surface area contributed by atoms with Crippen LogP contribution in [0.15, 0.2) is 18.2 Å². The van der Waals surface area contributed by atoms with Crippen LogP contribution in [0, 0.1) is 6.92 Å². The SMILES string of the molecule is Cc1cccc2nc(C3CCCS(=O)(=O)C3)nn12. The van der Waals surface area contributed by atoms with Gasteiger partial charge in [0.05, 0.1) is 11.5 Å². The third-order valence-corrected chi connectivity index (χ3v) is 5.21. The highest BCUT2D eigenvalue weighted by molar-refractivity contribution is 7.91. The van der Waals surface area contributed by atoms with Crippen LogP contribution in [0.1, 0.15) is 30.3 Å². The van der Waals surface area contributed by atoms with Crippen LogP contribution in [0.3, 0.4) is 0 Å². The van der Waals surface area contributed by atoms with Crippen LogP contribution in [0.25, 0.3) is 5.65 Å². The fraction of sp³-hybridized carbons (Fsp3) is 0.500. The molecule has 2 aromatic heterocycles. The van der Waals surface area contributed by atoms with Gasteiger partial charge in [0, 0.05) is 11.6 Å². The average Bonchev–Trinajstić information content (AvgIpc) is 2.73. The summed E-state index contributed by atoms with van der Waals surface area (Å²) < 4.78 is 25.1. The zero-order chi connectivity index (χ0) is 12.8. The lowest BCUT2D eigenvalue weighted by Gasteiger charge is -2.18. The van der Waals surface area contributed by atoms with Crippen molar-refractivity contribution < 1.29 is 8.42 Å². The van der Waals surface area contributed by atoms with Crippen LogP contribution in [0.5, 0.6) is 0 Å². The average molecular weight is 265 g/mol. The number of nitrogens with zero attached hydrogens (tertiary/aromatic N) is 3. The lowest BCUT2D eigenvalue weighted by Crippen LogP contribution is -2.24. The minimum absolute atomic E-state index is 0.0527. The van der Waals surface area contributed by atoms with Crippen LogP contribution in [-0.2, 0) is 9.84 Å². The number of aromatic nitrogens is 3. The topological polar surface area (TPSA) is 64.3 Å². The number of sulfone groups is 1. The first-order valence-electron chi connectivity index (χ1n) is 6.08. The maximum Gasteiger partial charge on any atom is 0.155 e. The number of pyridine rings is 1. The van der Waals surface area contributed by atoms with Gasteiger partial charge in [0.1, 0.15) is 0 Å². The molecule has 1 atom stereocenters. The second-order valence-corrected chi connectivity index (χ2v) is 7.09. The third kappa shape index (κ3) is 2.01. The molecule has 1 fully saturated rings. The summed E-state index contributed by atoms with van der Waals surface area (Å²) in [6.07, 6.45) is 1.57. The van der Waals surface area contributed by atoms with E-state index >= 15 is 0 Å². The predicted octanol–water partition coefficient (Wildman–Crippen LogP) is 1.33. The van der Waals surface area contributed by atoms with Crippen molar-refractivity contribution in [3.63, 3.8) is 0 Å². The fourth-order valence-electron chi connectivity index (χ4n) is 2.45. The summed E-state index contributed by atoms with van der Waals surface area (Å²) in [4.78, 5) is 4.45. The Morgan fingerprint density at radius 1 is 1.39 bits per heavy atom. The molecule has 0 radical (unpaired) electrons. The van der Waals surface area contributed by atoms with E-state index in [1.54, 1.807) is 4.52 Å². The standard InChI is InChI=1S/C12H15N3O2S/c1-9-4-2-6-11-13-12(14-15(9)11)10-5-3-7-18(16,17)8-10/h2,4,6,10H,3,5,7-8H2,1H3. The van der Waals surface area contributed by atoms with Crippen molar-refractivity contribution in [2.75, 3.05) is 11.5 Å². The quantitative estimate of drug-likeness (QED) is 0.780. The van der Waals surface area contributed by atoms with E-state index in [9.17, 15) is 8.42 Å². The second kappa shape index (κ2) is 4.05. The summed E-state index contributed by atoms with van der Waals surface area (Å²) in [5.74, 6) is 1.09. The van der Waals surface area contributed by atoms with E-state index in [0.717, 1.165) is 17.8 Å². The molecule has 0 N–H and O–H groups in total. The Hall–Kier alpha value is -1.43. The molecule has 1 saturated heterocycles. The molecular formula is C12H15N3O2S. The second-order valence-electron chi connectivity index (χ2n) is 4.86. The smallest absolute Gasteiger partial charge is 0.155 e. The number of rotatable bonds is 1. The summed E-state index contributed by atoms with van der Waals surface area (Å²) in [5, 5.41) is 4.44. The Bertz CT molecular complexity index is 690. The minimum atomic E-state index is -2.92. The first-order valence-corrected chi connectivity index (χ1v) is 7.90. The molecule has 1 aliphatic rings. The predicted molar refractivity (Wildman–Crippen MR) is 68.4 cm³/mol. The minimum Gasteiger partial charge on any atom is -0.229 e. The van der Waals surface area contributed by atoms with Gasteiger partial charge in [0.25, 0.3) is 0 Å². The van der Waals surface area contributed by atoms with Crippen molar-refractivity contribution in [1.82, 2.24) is 14.6 Å². The molecule has 18 heavy (non-hydrogen) atoms. The summed E-state index contributed by atoms with van der Waals surface area (Å²) in [6.45, 7) is 1.96. The first kappa shape index (κ1) is 11.6. The Balaban J connectivity index is 2.02. The molecule has 3 heterocycles. The van der Waals surface area contributed by atoms with Crippen LogP contribution >= 0.6 is 0 Å². The largest absolute Gasteiger partial charge is 0.229 e. The van der Waals surface area contributed by atoms with E-state index in [2.05, 4.69) is 10.1 Å². The number of aryl methyl sites for hydroxylation is 1. The van der Waals surface area contributed by atoms with E-state index in [-0.39, 0.29) is 11.7 Å². The van der Waals surface area contributed by atoms with Crippen molar-refractivity contribution >= 4 is 15.5 Å². The van der Waals surface area contributed by atoms with Gasteiger partial charge in [-0.05, 0) is 31.9 Å². The van der Waals surface area contributed by atoms with Crippen molar-refractivity contribution in [2.45, 2.75) is 25.7 Å². The molecule has 0 bridgehead atoms. The van der Waals surface area contributed by atoms with E-state index in [1.807, 2.05) is 25.1 Å². The van der Waals surface area contributed by atoms with Crippen LogP contribution in [0.4, 0.5) is 0 Å². The zero-order valence-corrected chi connectivity index (χ0v) is 11.0. The molecule has 0 aliphatic carbocycles. The van der Waals surface area contributed by atoms with Gasteiger partial charge in [-0.1, -0.05) is 6.07 Å². The summed E-state index contributed by atoms with van der Waals surface area (Å²) in [5.41, 5.74) is 1.79. The lowest BCUT2D eigenvalue weighted by atomic mass is 10.1. The highest BCUT2D eigenvalue weighted by Crippen LogP contribution is 2.26. The maximum absolute atomic E-state index is 11.7. The van der Waals surface area contributed by atoms with Gasteiger partial charge in [0.15, 0.2) is 21.3 Å². The zero-order valence-electron chi connectivity index (χ0n) is 10.2. The maximum atomic E-state index is 11.7. The van der Waals surface area contributed by atoms with E-state index < -0.39 is 9.84 Å². The van der Waals surface area contributed by atoms with Crippen molar-refractivity contribution in [1.29, 1.82) is 0 Å². The summed E-state index contributed by atoms with van der Waals surface area (Å²) in [7, 11) is -2.92. The normalized spacial score (nSPS) is 23.3. The first-order chi connectivity index (χ1) is 8.55. The highest BCUT2D eigenvalue weighted by Gasteiger charge is 2.28. The molecule has 0 aromatic carbocycles. The summed E-state index contributed by atoms with van der Waals surface area (Å²) in [6, 6.07) is 5.78. The highest BCUT2D eigenvalue weighted by atomic mass is 32.2. The molecule has 96 valence electrons. The van der Waals surface area contributed by atoms with E-state index in [1.165, 1.54) is 0 Å². The molecule has 1 aliphatic heterocycles. The molecule has 0 saturated carbocycles. The van der Waals surface area contributed by atoms with Gasteiger partial charge < -0.3 is 0 Å². The van der Waals surface area contributed by atoms with Crippen LogP contribution in [0.2, 0.25) is 0 Å². The van der Waals surface area contributed by atoms with Crippen molar-refractivity contribution in [3.05, 3.63) is 29.7 Å². The Kier molecular flexibility index (Phi) is 2.62. The number of hydrogen-bond donors (Lipinski definition) is 0. The Labute approximate surface area is 106 Å². The van der Waals surface area contributed by atoms with E-state index in [4.69, 9.17) is 0 Å². The molecule has 5 nitrogen and oxygen atoms in total. The van der Waals surface area contributed by atoms with Crippen molar-refractivity contribution in [2.24, 2.45) is 0 Å². The summed E-state index contributed by atoms with van der Waals surface area (Å²) >= 11 is 0. The third-order valence-electron chi connectivity index (χ3n) is 3.39.